The molecule has 0 saturated carbocycles. The maximum absolute atomic E-state index is 11.4. The van der Waals surface area contributed by atoms with E-state index in [1.165, 1.54) is 0 Å². The normalized spacial score (nSPS) is 11.4. The van der Waals surface area contributed by atoms with Gasteiger partial charge in [-0.3, -0.25) is 9.20 Å². The fourth-order valence-corrected chi connectivity index (χ4v) is 2.30. The minimum Gasteiger partial charge on any atom is -0.295 e. The molecule has 0 bridgehead atoms. The lowest BCUT2D eigenvalue weighted by Crippen LogP contribution is -1.94. The Labute approximate surface area is 113 Å². The molecule has 20 heavy (non-hydrogen) atoms. The third kappa shape index (κ3) is 1.50. The first-order valence-corrected chi connectivity index (χ1v) is 6.28. The molecule has 5 heteroatoms. The smallest absolute Gasteiger partial charge is 0.198 e. The monoisotopic (exact) mass is 262 g/mol. The van der Waals surface area contributed by atoms with Gasteiger partial charge >= 0.3 is 0 Å². The van der Waals surface area contributed by atoms with E-state index in [2.05, 4.69) is 15.0 Å². The summed E-state index contributed by atoms with van der Waals surface area (Å²) in [4.78, 5) is 25.0. The molecular formula is C15H10N4O. The average molecular weight is 262 g/mol. The first-order chi connectivity index (χ1) is 9.72. The van der Waals surface area contributed by atoms with Crippen LogP contribution in [-0.4, -0.2) is 25.1 Å². The predicted molar refractivity (Wildman–Crippen MR) is 75.8 cm³/mol. The molecule has 0 radical (unpaired) electrons. The fourth-order valence-electron chi connectivity index (χ4n) is 2.30. The Kier molecular flexibility index (Phi) is 2.12. The summed E-state index contributed by atoms with van der Waals surface area (Å²) in [5, 5.41) is 0. The molecule has 4 aromatic rings. The van der Waals surface area contributed by atoms with Crippen LogP contribution >= 0.6 is 0 Å². The number of pyridine rings is 1. The van der Waals surface area contributed by atoms with Gasteiger partial charge in [0.25, 0.3) is 0 Å². The van der Waals surface area contributed by atoms with E-state index in [0.717, 1.165) is 11.0 Å². The van der Waals surface area contributed by atoms with Gasteiger partial charge in [0.1, 0.15) is 5.65 Å². The molecule has 0 aliphatic carbocycles. The molecule has 5 nitrogen and oxygen atoms in total. The van der Waals surface area contributed by atoms with Crippen LogP contribution in [-0.2, 0) is 0 Å². The topological polar surface area (TPSA) is 60.2 Å². The lowest BCUT2D eigenvalue weighted by molar-refractivity contribution is 0.101. The number of hydrogen-bond acceptors (Lipinski definition) is 4. The van der Waals surface area contributed by atoms with E-state index in [1.54, 1.807) is 19.1 Å². The summed E-state index contributed by atoms with van der Waals surface area (Å²) in [6.07, 6.45) is 1.81. The van der Waals surface area contributed by atoms with Crippen molar-refractivity contribution in [2.75, 3.05) is 0 Å². The van der Waals surface area contributed by atoms with Gasteiger partial charge in [0, 0.05) is 11.8 Å². The highest BCUT2D eigenvalue weighted by atomic mass is 16.1. The molecule has 0 aliphatic rings. The Hall–Kier alpha value is -2.82. The van der Waals surface area contributed by atoms with Crippen molar-refractivity contribution in [3.63, 3.8) is 0 Å². The molecule has 96 valence electrons. The Morgan fingerprint density at radius 1 is 1.05 bits per heavy atom. The number of aromatic nitrogens is 4. The number of fused-ring (bicyclic) bond motifs is 4. The third-order valence-corrected chi connectivity index (χ3v) is 3.32. The van der Waals surface area contributed by atoms with Gasteiger partial charge in [-0.1, -0.05) is 12.1 Å². The number of ketones is 1. The molecule has 1 aromatic carbocycles. The second-order valence-electron chi connectivity index (χ2n) is 4.67. The summed E-state index contributed by atoms with van der Waals surface area (Å²) >= 11 is 0. The van der Waals surface area contributed by atoms with Crippen molar-refractivity contribution in [3.8, 4) is 0 Å². The molecule has 4 rings (SSSR count). The van der Waals surface area contributed by atoms with Crippen molar-refractivity contribution in [1.82, 2.24) is 19.4 Å². The van der Waals surface area contributed by atoms with E-state index in [-0.39, 0.29) is 5.78 Å². The van der Waals surface area contributed by atoms with Crippen LogP contribution in [0.3, 0.4) is 0 Å². The molecule has 3 aromatic heterocycles. The summed E-state index contributed by atoms with van der Waals surface area (Å²) in [5.41, 5.74) is 4.26. The predicted octanol–water partition coefficient (Wildman–Crippen LogP) is 2.63. The largest absolute Gasteiger partial charge is 0.295 e. The fraction of sp³-hybridized carbons (Fsp3) is 0.0667. The van der Waals surface area contributed by atoms with Crippen LogP contribution in [0.1, 0.15) is 17.3 Å². The first-order valence-electron chi connectivity index (χ1n) is 6.28. The van der Waals surface area contributed by atoms with Crippen LogP contribution in [0.4, 0.5) is 0 Å². The minimum atomic E-state index is 0.0191. The van der Waals surface area contributed by atoms with Crippen LogP contribution in [0.15, 0.2) is 42.6 Å². The van der Waals surface area contributed by atoms with E-state index in [1.807, 2.05) is 34.9 Å². The van der Waals surface area contributed by atoms with Crippen LogP contribution in [0.25, 0.3) is 28.0 Å². The van der Waals surface area contributed by atoms with Crippen molar-refractivity contribution in [2.24, 2.45) is 0 Å². The third-order valence-electron chi connectivity index (χ3n) is 3.32. The van der Waals surface area contributed by atoms with Gasteiger partial charge in [-0.2, -0.15) is 0 Å². The summed E-state index contributed by atoms with van der Waals surface area (Å²) in [6, 6.07) is 11.2. The summed E-state index contributed by atoms with van der Waals surface area (Å²) in [7, 11) is 0. The standard InChI is InChI=1S/C15H10N4O/c1-9(20)10-6-7-19-13(8-10)18-14-15(19)17-12-5-3-2-4-11(12)16-14/h2-8H,1H3. The second kappa shape index (κ2) is 3.84. The van der Waals surface area contributed by atoms with Crippen molar-refractivity contribution in [3.05, 3.63) is 48.2 Å². The molecule has 0 fully saturated rings. The maximum atomic E-state index is 11.4. The molecule has 0 aliphatic heterocycles. The van der Waals surface area contributed by atoms with Gasteiger partial charge in [0.2, 0.25) is 0 Å². The number of Topliss-reactive ketones (excluding diaryl/α,β-unsaturated/α-hetero) is 1. The molecule has 0 amide bonds. The number of hydrogen-bond donors (Lipinski definition) is 0. The Morgan fingerprint density at radius 3 is 2.55 bits per heavy atom. The van der Waals surface area contributed by atoms with Crippen molar-refractivity contribution >= 4 is 33.8 Å². The Morgan fingerprint density at radius 2 is 1.80 bits per heavy atom. The van der Waals surface area contributed by atoms with E-state index < -0.39 is 0 Å². The van der Waals surface area contributed by atoms with Crippen LogP contribution in [0.2, 0.25) is 0 Å². The van der Waals surface area contributed by atoms with E-state index >= 15 is 0 Å². The van der Waals surface area contributed by atoms with Crippen LogP contribution in [0.5, 0.6) is 0 Å². The van der Waals surface area contributed by atoms with Crippen molar-refractivity contribution in [1.29, 1.82) is 0 Å². The number of carbonyl (C=O) groups excluding carboxylic acids is 1. The molecule has 0 unspecified atom stereocenters. The number of imidazole rings is 1. The van der Waals surface area contributed by atoms with E-state index in [4.69, 9.17) is 0 Å². The summed E-state index contributed by atoms with van der Waals surface area (Å²) in [6.45, 7) is 1.54. The SMILES string of the molecule is CC(=O)c1ccn2c(c1)nc1nc3ccccc3nc12. The lowest BCUT2D eigenvalue weighted by Gasteiger charge is -1.98. The Bertz CT molecular complexity index is 987. The summed E-state index contributed by atoms with van der Waals surface area (Å²) in [5.74, 6) is 0.0191. The highest BCUT2D eigenvalue weighted by Crippen LogP contribution is 2.18. The number of rotatable bonds is 1. The van der Waals surface area contributed by atoms with Crippen LogP contribution < -0.4 is 0 Å². The molecule has 0 N–H and O–H groups in total. The quantitative estimate of drug-likeness (QED) is 0.495. The average Bonchev–Trinajstić information content (AvgIpc) is 2.81. The van der Waals surface area contributed by atoms with Gasteiger partial charge in [0.05, 0.1) is 11.0 Å². The van der Waals surface area contributed by atoms with Gasteiger partial charge in [-0.15, -0.1) is 0 Å². The second-order valence-corrected chi connectivity index (χ2v) is 4.67. The molecule has 0 atom stereocenters. The van der Waals surface area contributed by atoms with Gasteiger partial charge in [-0.05, 0) is 31.2 Å². The summed E-state index contributed by atoms with van der Waals surface area (Å²) < 4.78 is 1.85. The lowest BCUT2D eigenvalue weighted by atomic mass is 10.2. The number of para-hydroxylation sites is 2. The molecule has 0 spiro atoms. The maximum Gasteiger partial charge on any atom is 0.198 e. The first kappa shape index (κ1) is 11.0. The minimum absolute atomic E-state index is 0.0191. The van der Waals surface area contributed by atoms with Crippen molar-refractivity contribution in [2.45, 2.75) is 6.92 Å². The van der Waals surface area contributed by atoms with Crippen molar-refractivity contribution < 1.29 is 4.79 Å². The van der Waals surface area contributed by atoms with Gasteiger partial charge in [0.15, 0.2) is 17.1 Å². The number of nitrogens with zero attached hydrogens (tertiary/aromatic N) is 4. The van der Waals surface area contributed by atoms with Gasteiger partial charge in [-0.25, -0.2) is 15.0 Å². The molecule has 3 heterocycles. The highest BCUT2D eigenvalue weighted by molar-refractivity contribution is 5.95. The molecular weight excluding hydrogens is 252 g/mol. The van der Waals surface area contributed by atoms with E-state index in [0.29, 0.717) is 22.5 Å². The zero-order valence-corrected chi connectivity index (χ0v) is 10.7. The zero-order chi connectivity index (χ0) is 13.7. The van der Waals surface area contributed by atoms with E-state index in [9.17, 15) is 4.79 Å². The van der Waals surface area contributed by atoms with Gasteiger partial charge < -0.3 is 0 Å². The zero-order valence-electron chi connectivity index (χ0n) is 10.7. The number of carbonyl (C=O) groups is 1. The highest BCUT2D eigenvalue weighted by Gasteiger charge is 2.10. The molecule has 0 saturated heterocycles. The number of benzene rings is 1. The van der Waals surface area contributed by atoms with Crippen LogP contribution in [0, 0.1) is 0 Å². The Balaban J connectivity index is 2.12.